The van der Waals surface area contributed by atoms with E-state index >= 15 is 0 Å². The van der Waals surface area contributed by atoms with E-state index in [0.717, 1.165) is 29.7 Å². The molecule has 0 bridgehead atoms. The molecular weight excluding hydrogens is 244 g/mol. The van der Waals surface area contributed by atoms with Crippen molar-refractivity contribution in [2.75, 3.05) is 6.61 Å². The van der Waals surface area contributed by atoms with Gasteiger partial charge in [-0.25, -0.2) is 4.79 Å². The average molecular weight is 262 g/mol. The van der Waals surface area contributed by atoms with Crippen LogP contribution in [0.3, 0.4) is 0 Å². The molecule has 2 aromatic rings. The number of fused-ring (bicyclic) bond motifs is 1. The number of unbranched alkanes of at least 4 members (excludes halogenated alkanes) is 1. The van der Waals surface area contributed by atoms with Crippen LogP contribution in [0.15, 0.2) is 24.3 Å². The van der Waals surface area contributed by atoms with Crippen molar-refractivity contribution in [2.45, 2.75) is 33.1 Å². The van der Waals surface area contributed by atoms with Gasteiger partial charge in [0.2, 0.25) is 0 Å². The average Bonchev–Trinajstić information content (AvgIpc) is 2.75. The Morgan fingerprint density at radius 1 is 1.28 bits per heavy atom. The summed E-state index contributed by atoms with van der Waals surface area (Å²) < 4.78 is 6.32. The molecule has 0 saturated carbocycles. The maximum atomic E-state index is 12.0. The van der Waals surface area contributed by atoms with Crippen molar-refractivity contribution in [1.29, 1.82) is 0 Å². The molecule has 1 heterocycles. The molecule has 0 amide bonds. The number of carbonyl (C=O) groups excluding carboxylic acids is 1. The molecule has 2 nitrogen and oxygen atoms in total. The Kier molecular flexibility index (Phi) is 4.37. The second-order valence-electron chi connectivity index (χ2n) is 4.23. The summed E-state index contributed by atoms with van der Waals surface area (Å²) in [5, 5.41) is 1.21. The minimum Gasteiger partial charge on any atom is -0.462 e. The van der Waals surface area contributed by atoms with Crippen LogP contribution in [0.4, 0.5) is 0 Å². The van der Waals surface area contributed by atoms with Gasteiger partial charge in [0.05, 0.1) is 6.61 Å². The first-order valence-corrected chi connectivity index (χ1v) is 7.27. The smallest absolute Gasteiger partial charge is 0.348 e. The Hall–Kier alpha value is -1.35. The van der Waals surface area contributed by atoms with Crippen molar-refractivity contribution in [3.63, 3.8) is 0 Å². The first-order valence-electron chi connectivity index (χ1n) is 6.45. The Morgan fingerprint density at radius 3 is 2.78 bits per heavy atom. The van der Waals surface area contributed by atoms with E-state index in [-0.39, 0.29) is 5.97 Å². The van der Waals surface area contributed by atoms with Crippen LogP contribution in [0.2, 0.25) is 0 Å². The Balaban J connectivity index is 2.46. The fourth-order valence-electron chi connectivity index (χ4n) is 2.06. The number of hydrogen-bond donors (Lipinski definition) is 0. The van der Waals surface area contributed by atoms with E-state index in [1.807, 2.05) is 19.1 Å². The second kappa shape index (κ2) is 6.01. The molecule has 0 aliphatic carbocycles. The number of aryl methyl sites for hydroxylation is 1. The molecule has 1 aromatic carbocycles. The largest absolute Gasteiger partial charge is 0.462 e. The molecule has 1 aromatic heterocycles. The zero-order valence-corrected chi connectivity index (χ0v) is 11.7. The molecule has 3 heteroatoms. The van der Waals surface area contributed by atoms with Crippen molar-refractivity contribution >= 4 is 27.4 Å². The molecule has 0 N–H and O–H groups in total. The van der Waals surface area contributed by atoms with Gasteiger partial charge in [-0.15, -0.1) is 11.3 Å². The van der Waals surface area contributed by atoms with Gasteiger partial charge in [-0.05, 0) is 36.8 Å². The maximum absolute atomic E-state index is 12.0. The molecule has 0 spiro atoms. The Bertz CT molecular complexity index is 542. The number of hydrogen-bond acceptors (Lipinski definition) is 3. The van der Waals surface area contributed by atoms with Crippen molar-refractivity contribution in [1.82, 2.24) is 0 Å². The molecule has 0 aliphatic heterocycles. The summed E-state index contributed by atoms with van der Waals surface area (Å²) in [7, 11) is 0. The van der Waals surface area contributed by atoms with Gasteiger partial charge >= 0.3 is 5.97 Å². The predicted octanol–water partition coefficient (Wildman–Crippen LogP) is 4.42. The van der Waals surface area contributed by atoms with Gasteiger partial charge in [-0.2, -0.15) is 0 Å². The molecule has 2 rings (SSSR count). The molecule has 18 heavy (non-hydrogen) atoms. The molecule has 96 valence electrons. The Labute approximate surface area is 112 Å². The zero-order chi connectivity index (χ0) is 13.0. The van der Waals surface area contributed by atoms with Gasteiger partial charge in [-0.1, -0.05) is 31.5 Å². The molecule has 0 unspecified atom stereocenters. The number of carbonyl (C=O) groups is 1. The lowest BCUT2D eigenvalue weighted by Gasteiger charge is -2.03. The second-order valence-corrected chi connectivity index (χ2v) is 5.28. The van der Waals surface area contributed by atoms with Gasteiger partial charge < -0.3 is 4.74 Å². The standard InChI is InChI=1S/C15H18O2S/c1-3-5-8-12-11-9-6-7-10-13(11)18-14(12)15(16)17-4-2/h6-7,9-10H,3-5,8H2,1-2H3. The molecule has 0 radical (unpaired) electrons. The number of benzene rings is 1. The SMILES string of the molecule is CCCCc1c(C(=O)OCC)sc2ccccc12. The minimum atomic E-state index is -0.176. The topological polar surface area (TPSA) is 26.3 Å². The van der Waals surface area contributed by atoms with E-state index < -0.39 is 0 Å². The third-order valence-corrected chi connectivity index (χ3v) is 4.13. The first kappa shape index (κ1) is 13.1. The van der Waals surface area contributed by atoms with Crippen LogP contribution in [0, 0.1) is 0 Å². The van der Waals surface area contributed by atoms with Gasteiger partial charge in [0.25, 0.3) is 0 Å². The zero-order valence-electron chi connectivity index (χ0n) is 10.9. The summed E-state index contributed by atoms with van der Waals surface area (Å²) >= 11 is 1.55. The van der Waals surface area contributed by atoms with Crippen molar-refractivity contribution < 1.29 is 9.53 Å². The van der Waals surface area contributed by atoms with E-state index in [2.05, 4.69) is 19.1 Å². The monoisotopic (exact) mass is 262 g/mol. The van der Waals surface area contributed by atoms with E-state index in [0.29, 0.717) is 6.61 Å². The van der Waals surface area contributed by atoms with Crippen LogP contribution < -0.4 is 0 Å². The van der Waals surface area contributed by atoms with Gasteiger partial charge in [0.1, 0.15) is 4.88 Å². The highest BCUT2D eigenvalue weighted by molar-refractivity contribution is 7.21. The Morgan fingerprint density at radius 2 is 2.06 bits per heavy atom. The molecular formula is C15H18O2S. The summed E-state index contributed by atoms with van der Waals surface area (Å²) in [6.45, 7) is 4.44. The molecule has 0 atom stereocenters. The predicted molar refractivity (Wildman–Crippen MR) is 76.4 cm³/mol. The summed E-state index contributed by atoms with van der Waals surface area (Å²) in [4.78, 5) is 12.8. The van der Waals surface area contributed by atoms with Crippen LogP contribution >= 0.6 is 11.3 Å². The maximum Gasteiger partial charge on any atom is 0.348 e. The lowest BCUT2D eigenvalue weighted by Crippen LogP contribution is -2.05. The highest BCUT2D eigenvalue weighted by atomic mass is 32.1. The summed E-state index contributed by atoms with van der Waals surface area (Å²) in [5.41, 5.74) is 1.16. The summed E-state index contributed by atoms with van der Waals surface area (Å²) in [5.74, 6) is -0.176. The molecule has 0 fully saturated rings. The number of ether oxygens (including phenoxy) is 1. The normalized spacial score (nSPS) is 10.8. The first-order chi connectivity index (χ1) is 8.77. The van der Waals surface area contributed by atoms with Crippen LogP contribution in [-0.2, 0) is 11.2 Å². The van der Waals surface area contributed by atoms with E-state index in [1.165, 1.54) is 10.1 Å². The van der Waals surface area contributed by atoms with E-state index in [9.17, 15) is 4.79 Å². The minimum absolute atomic E-state index is 0.176. The lowest BCUT2D eigenvalue weighted by molar-refractivity contribution is 0.0531. The summed E-state index contributed by atoms with van der Waals surface area (Å²) in [6, 6.07) is 8.20. The third kappa shape index (κ3) is 2.56. The van der Waals surface area contributed by atoms with Gasteiger partial charge in [0.15, 0.2) is 0 Å². The number of rotatable bonds is 5. The van der Waals surface area contributed by atoms with Crippen LogP contribution in [0.25, 0.3) is 10.1 Å². The van der Waals surface area contributed by atoms with Crippen molar-refractivity contribution in [3.8, 4) is 0 Å². The summed E-state index contributed by atoms with van der Waals surface area (Å²) in [6.07, 6.45) is 3.19. The van der Waals surface area contributed by atoms with Crippen LogP contribution in [0.5, 0.6) is 0 Å². The third-order valence-electron chi connectivity index (χ3n) is 2.94. The fourth-order valence-corrected chi connectivity index (χ4v) is 3.21. The van der Waals surface area contributed by atoms with Crippen molar-refractivity contribution in [2.24, 2.45) is 0 Å². The van der Waals surface area contributed by atoms with Crippen LogP contribution in [0.1, 0.15) is 41.9 Å². The quantitative estimate of drug-likeness (QED) is 0.745. The van der Waals surface area contributed by atoms with Crippen LogP contribution in [-0.4, -0.2) is 12.6 Å². The fraction of sp³-hybridized carbons (Fsp3) is 0.400. The van der Waals surface area contributed by atoms with E-state index in [1.54, 1.807) is 11.3 Å². The van der Waals surface area contributed by atoms with Gasteiger partial charge in [0, 0.05) is 4.70 Å². The number of thiophene rings is 1. The highest BCUT2D eigenvalue weighted by Gasteiger charge is 2.18. The highest BCUT2D eigenvalue weighted by Crippen LogP contribution is 2.32. The number of esters is 1. The molecule has 0 saturated heterocycles. The van der Waals surface area contributed by atoms with Gasteiger partial charge in [-0.3, -0.25) is 0 Å². The van der Waals surface area contributed by atoms with Crippen molar-refractivity contribution in [3.05, 3.63) is 34.7 Å². The lowest BCUT2D eigenvalue weighted by atomic mass is 10.0. The van der Waals surface area contributed by atoms with E-state index in [4.69, 9.17) is 4.74 Å². The molecule has 0 aliphatic rings.